The molecule has 0 aromatic carbocycles. The van der Waals surface area contributed by atoms with E-state index in [1.54, 1.807) is 6.92 Å². The van der Waals surface area contributed by atoms with Crippen LogP contribution in [0.25, 0.3) is 0 Å². The third kappa shape index (κ3) is 21.7. The summed E-state index contributed by atoms with van der Waals surface area (Å²) in [5.74, 6) is -0.567. The predicted octanol–water partition coefficient (Wildman–Crippen LogP) is 0.137. The monoisotopic (exact) mass is 316 g/mol. The molecule has 0 aliphatic rings. The van der Waals surface area contributed by atoms with Gasteiger partial charge < -0.3 is 20.5 Å². The lowest BCUT2D eigenvalue weighted by Gasteiger charge is -2.03. The van der Waals surface area contributed by atoms with Crippen LogP contribution >= 0.6 is 49.7 Å². The van der Waals surface area contributed by atoms with Gasteiger partial charge >= 0.3 is 5.97 Å². The normalized spacial score (nSPS) is 8.47. The molecule has 0 bridgehead atoms. The summed E-state index contributed by atoms with van der Waals surface area (Å²) in [6.45, 7) is 2.92. The Morgan fingerprint density at radius 2 is 1.65 bits per heavy atom. The van der Waals surface area contributed by atoms with E-state index in [4.69, 9.17) is 5.11 Å². The molecule has 0 aromatic heterocycles. The number of thiocarbonyl (C=S) groups is 2. The molecule has 0 unspecified atom stereocenters. The van der Waals surface area contributed by atoms with E-state index in [2.05, 4.69) is 65.1 Å². The minimum Gasteiger partial charge on any atom is -0.464 e. The van der Waals surface area contributed by atoms with Gasteiger partial charge in [0.15, 0.2) is 0 Å². The molecule has 0 saturated carbocycles. The molecule has 17 heavy (non-hydrogen) atoms. The molecule has 0 spiro atoms. The first-order valence-electron chi connectivity index (χ1n) is 4.64. The SMILES string of the molecule is CCOC(=O)CO.S=C(S)NCCNC(=S)S. The van der Waals surface area contributed by atoms with Gasteiger partial charge in [0.2, 0.25) is 0 Å². The molecule has 0 saturated heterocycles. The molecular weight excluding hydrogens is 300 g/mol. The summed E-state index contributed by atoms with van der Waals surface area (Å²) in [7, 11) is 0. The molecule has 100 valence electrons. The second-order valence-electron chi connectivity index (χ2n) is 2.43. The predicted molar refractivity (Wildman–Crippen MR) is 82.9 cm³/mol. The van der Waals surface area contributed by atoms with E-state index in [-0.39, 0.29) is 0 Å². The quantitative estimate of drug-likeness (QED) is 0.214. The van der Waals surface area contributed by atoms with E-state index in [1.807, 2.05) is 0 Å². The molecular formula is C8H16N2O3S4. The van der Waals surface area contributed by atoms with Crippen LogP contribution in [0.3, 0.4) is 0 Å². The van der Waals surface area contributed by atoms with Gasteiger partial charge in [0.1, 0.15) is 15.2 Å². The maximum absolute atomic E-state index is 9.94. The number of carbonyl (C=O) groups excluding carboxylic acids is 1. The Kier molecular flexibility index (Phi) is 15.8. The Labute approximate surface area is 122 Å². The van der Waals surface area contributed by atoms with Gasteiger partial charge in [0, 0.05) is 13.1 Å². The van der Waals surface area contributed by atoms with Crippen molar-refractivity contribution in [1.82, 2.24) is 10.6 Å². The fourth-order valence-corrected chi connectivity index (χ4v) is 0.973. The van der Waals surface area contributed by atoms with Gasteiger partial charge in [0.25, 0.3) is 0 Å². The van der Waals surface area contributed by atoms with Crippen molar-refractivity contribution in [2.24, 2.45) is 0 Å². The van der Waals surface area contributed by atoms with Crippen molar-refractivity contribution >= 4 is 64.3 Å². The standard InChI is InChI=1S/C4H8N2S4.C4H8O3/c7-3(8)5-1-2-6-4(9)10;1-2-7-4(6)3-5/h1-2H2,(H2,5,7,8)(H2,6,9,10);5H,2-3H2,1H3. The number of hydrogen-bond acceptors (Lipinski definition) is 5. The van der Waals surface area contributed by atoms with E-state index in [0.29, 0.717) is 28.3 Å². The third-order valence-corrected chi connectivity index (χ3v) is 1.72. The minimum absolute atomic E-state index is 0.333. The van der Waals surface area contributed by atoms with Crippen LogP contribution in [0.1, 0.15) is 6.92 Å². The van der Waals surface area contributed by atoms with Crippen LogP contribution in [0.4, 0.5) is 0 Å². The van der Waals surface area contributed by atoms with Gasteiger partial charge in [-0.3, -0.25) is 0 Å². The van der Waals surface area contributed by atoms with Crippen LogP contribution < -0.4 is 10.6 Å². The third-order valence-electron chi connectivity index (χ3n) is 1.11. The molecule has 0 aliphatic carbocycles. The Morgan fingerprint density at radius 3 is 1.82 bits per heavy atom. The maximum Gasteiger partial charge on any atom is 0.331 e. The highest BCUT2D eigenvalue weighted by molar-refractivity contribution is 8.11. The van der Waals surface area contributed by atoms with Crippen LogP contribution in [0.15, 0.2) is 0 Å². The smallest absolute Gasteiger partial charge is 0.331 e. The Hall–Kier alpha value is -0.0900. The van der Waals surface area contributed by atoms with Crippen LogP contribution in [-0.4, -0.2) is 46.0 Å². The van der Waals surface area contributed by atoms with Crippen molar-refractivity contribution in [2.75, 3.05) is 26.3 Å². The number of ether oxygens (including phenoxy) is 1. The van der Waals surface area contributed by atoms with E-state index in [0.717, 1.165) is 0 Å². The highest BCUT2D eigenvalue weighted by Crippen LogP contribution is 1.77. The Morgan fingerprint density at radius 1 is 1.24 bits per heavy atom. The summed E-state index contributed by atoms with van der Waals surface area (Å²) in [5.41, 5.74) is 0. The zero-order valence-electron chi connectivity index (χ0n) is 9.30. The maximum atomic E-state index is 9.94. The molecule has 3 N–H and O–H groups in total. The number of aliphatic hydroxyl groups is 1. The number of hydrogen-bond donors (Lipinski definition) is 5. The van der Waals surface area contributed by atoms with Crippen LogP contribution in [0.5, 0.6) is 0 Å². The summed E-state index contributed by atoms with van der Waals surface area (Å²) in [5, 5.41) is 13.7. The molecule has 0 heterocycles. The summed E-state index contributed by atoms with van der Waals surface area (Å²) in [4.78, 5) is 9.94. The molecule has 0 fully saturated rings. The molecule has 0 aromatic rings. The molecule has 0 rings (SSSR count). The summed E-state index contributed by atoms with van der Waals surface area (Å²) in [6, 6.07) is 0. The summed E-state index contributed by atoms with van der Waals surface area (Å²) in [6.07, 6.45) is 0. The van der Waals surface area contributed by atoms with E-state index in [9.17, 15) is 4.79 Å². The summed E-state index contributed by atoms with van der Waals surface area (Å²) < 4.78 is 5.29. The molecule has 0 radical (unpaired) electrons. The number of carbonyl (C=O) groups is 1. The highest BCUT2D eigenvalue weighted by Gasteiger charge is 1.92. The van der Waals surface area contributed by atoms with Crippen LogP contribution in [0.2, 0.25) is 0 Å². The van der Waals surface area contributed by atoms with Gasteiger partial charge in [-0.05, 0) is 6.92 Å². The fourth-order valence-electron chi connectivity index (χ4n) is 0.545. The Balaban J connectivity index is 0. The molecule has 9 heteroatoms. The van der Waals surface area contributed by atoms with Gasteiger partial charge in [-0.1, -0.05) is 24.4 Å². The van der Waals surface area contributed by atoms with Crippen molar-refractivity contribution in [3.8, 4) is 0 Å². The second kappa shape index (κ2) is 14.0. The summed E-state index contributed by atoms with van der Waals surface area (Å²) >= 11 is 17.0. The number of thiol groups is 2. The van der Waals surface area contributed by atoms with Gasteiger partial charge in [-0.25, -0.2) is 4.79 Å². The lowest BCUT2D eigenvalue weighted by Crippen LogP contribution is -2.29. The van der Waals surface area contributed by atoms with Crippen molar-refractivity contribution in [2.45, 2.75) is 6.92 Å². The lowest BCUT2D eigenvalue weighted by atomic mass is 10.6. The van der Waals surface area contributed by atoms with Crippen molar-refractivity contribution < 1.29 is 14.6 Å². The lowest BCUT2D eigenvalue weighted by molar-refractivity contribution is -0.146. The van der Waals surface area contributed by atoms with Gasteiger partial charge in [-0.2, -0.15) is 0 Å². The first kappa shape index (κ1) is 19.3. The second-order valence-corrected chi connectivity index (χ2v) is 4.74. The van der Waals surface area contributed by atoms with Crippen molar-refractivity contribution in [1.29, 1.82) is 0 Å². The number of esters is 1. The molecule has 0 amide bonds. The topological polar surface area (TPSA) is 70.6 Å². The molecule has 0 aliphatic heterocycles. The fraction of sp³-hybridized carbons (Fsp3) is 0.625. The van der Waals surface area contributed by atoms with Gasteiger partial charge in [0.05, 0.1) is 6.61 Å². The first-order valence-corrected chi connectivity index (χ1v) is 6.35. The average molecular weight is 316 g/mol. The largest absolute Gasteiger partial charge is 0.464 e. The van der Waals surface area contributed by atoms with Crippen molar-refractivity contribution in [3.05, 3.63) is 0 Å². The van der Waals surface area contributed by atoms with Crippen LogP contribution in [-0.2, 0) is 9.53 Å². The molecule has 5 nitrogen and oxygen atoms in total. The van der Waals surface area contributed by atoms with E-state index in [1.165, 1.54) is 0 Å². The van der Waals surface area contributed by atoms with Gasteiger partial charge in [-0.15, -0.1) is 25.3 Å². The first-order chi connectivity index (χ1) is 7.93. The zero-order chi connectivity index (χ0) is 13.7. The van der Waals surface area contributed by atoms with Crippen LogP contribution in [0, 0.1) is 0 Å². The van der Waals surface area contributed by atoms with Crippen molar-refractivity contribution in [3.63, 3.8) is 0 Å². The molecule has 0 atom stereocenters. The minimum atomic E-state index is -0.567. The number of nitrogens with one attached hydrogen (secondary N) is 2. The zero-order valence-corrected chi connectivity index (χ0v) is 12.7. The van der Waals surface area contributed by atoms with E-state index < -0.39 is 12.6 Å². The number of rotatable bonds is 5. The highest BCUT2D eigenvalue weighted by atomic mass is 32.1. The van der Waals surface area contributed by atoms with E-state index >= 15 is 0 Å². The number of aliphatic hydroxyl groups excluding tert-OH is 1. The Bertz CT molecular complexity index is 235. The average Bonchev–Trinajstić information content (AvgIpc) is 2.25.